The summed E-state index contributed by atoms with van der Waals surface area (Å²) in [5.41, 5.74) is 5.91. The van der Waals surface area contributed by atoms with Gasteiger partial charge in [0, 0.05) is 16.6 Å². The van der Waals surface area contributed by atoms with Gasteiger partial charge in [0.25, 0.3) is 0 Å². The van der Waals surface area contributed by atoms with Crippen LogP contribution in [0.15, 0.2) is 18.2 Å². The first-order chi connectivity index (χ1) is 9.69. The summed E-state index contributed by atoms with van der Waals surface area (Å²) < 4.78 is 31.6. The van der Waals surface area contributed by atoms with Crippen molar-refractivity contribution in [3.8, 4) is 5.75 Å². The van der Waals surface area contributed by atoms with Crippen molar-refractivity contribution in [3.63, 3.8) is 0 Å². The Labute approximate surface area is 136 Å². The van der Waals surface area contributed by atoms with Crippen LogP contribution in [-0.2, 0) is 15.8 Å². The summed E-state index contributed by atoms with van der Waals surface area (Å²) >= 11 is 10.9. The third kappa shape index (κ3) is 4.81. The second kappa shape index (κ2) is 7.40. The number of rotatable bonds is 7. The highest BCUT2D eigenvalue weighted by Crippen LogP contribution is 2.29. The van der Waals surface area contributed by atoms with Gasteiger partial charge in [0.15, 0.2) is 0 Å². The lowest BCUT2D eigenvalue weighted by molar-refractivity contribution is 0.387. The van der Waals surface area contributed by atoms with E-state index in [1.807, 2.05) is 0 Å². The van der Waals surface area contributed by atoms with Crippen molar-refractivity contribution in [1.29, 1.82) is 0 Å². The van der Waals surface area contributed by atoms with Crippen LogP contribution in [0.25, 0.3) is 0 Å². The highest BCUT2D eigenvalue weighted by molar-refractivity contribution is 7.88. The minimum Gasteiger partial charge on any atom is -0.496 e. The summed E-state index contributed by atoms with van der Waals surface area (Å²) in [6.07, 6.45) is 0. The van der Waals surface area contributed by atoms with Crippen LogP contribution >= 0.6 is 23.8 Å². The van der Waals surface area contributed by atoms with Crippen LogP contribution in [0.1, 0.15) is 19.4 Å². The molecule has 0 radical (unpaired) electrons. The van der Waals surface area contributed by atoms with Crippen LogP contribution < -0.4 is 10.5 Å². The predicted octanol–water partition coefficient (Wildman–Crippen LogP) is 2.17. The maximum absolute atomic E-state index is 12.6. The molecule has 1 aromatic carbocycles. The summed E-state index contributed by atoms with van der Waals surface area (Å²) in [4.78, 5) is 0.124. The SMILES string of the molecule is COc1cccc(Cl)c1CS(=O)(=O)N(CC(N)=S)C(C)C. The van der Waals surface area contributed by atoms with Gasteiger partial charge in [0.2, 0.25) is 10.0 Å². The number of ether oxygens (including phenoxy) is 1. The molecule has 21 heavy (non-hydrogen) atoms. The number of methoxy groups -OCH3 is 1. The van der Waals surface area contributed by atoms with Gasteiger partial charge in [-0.1, -0.05) is 29.9 Å². The summed E-state index contributed by atoms with van der Waals surface area (Å²) in [7, 11) is -2.15. The maximum atomic E-state index is 12.6. The van der Waals surface area contributed by atoms with Gasteiger partial charge < -0.3 is 10.5 Å². The molecule has 0 spiro atoms. The second-order valence-corrected chi connectivity index (χ2v) is 7.64. The van der Waals surface area contributed by atoms with Gasteiger partial charge in [-0.3, -0.25) is 0 Å². The molecule has 5 nitrogen and oxygen atoms in total. The van der Waals surface area contributed by atoms with Crippen molar-refractivity contribution < 1.29 is 13.2 Å². The molecular formula is C13H19ClN2O3S2. The lowest BCUT2D eigenvalue weighted by atomic mass is 10.2. The lowest BCUT2D eigenvalue weighted by Gasteiger charge is -2.26. The smallest absolute Gasteiger partial charge is 0.219 e. The molecule has 0 fully saturated rings. The van der Waals surface area contributed by atoms with Crippen molar-refractivity contribution in [2.24, 2.45) is 5.73 Å². The Hall–Kier alpha value is -0.890. The van der Waals surface area contributed by atoms with E-state index in [2.05, 4.69) is 0 Å². The van der Waals surface area contributed by atoms with Gasteiger partial charge >= 0.3 is 0 Å². The molecule has 0 aliphatic heterocycles. The van der Waals surface area contributed by atoms with Crippen LogP contribution in [0, 0.1) is 0 Å². The van der Waals surface area contributed by atoms with E-state index in [9.17, 15) is 8.42 Å². The van der Waals surface area contributed by atoms with E-state index in [1.165, 1.54) is 11.4 Å². The summed E-state index contributed by atoms with van der Waals surface area (Å²) in [5.74, 6) is 0.168. The first-order valence-corrected chi connectivity index (χ1v) is 8.67. The van der Waals surface area contributed by atoms with Gasteiger partial charge in [-0.2, -0.15) is 4.31 Å². The third-order valence-electron chi connectivity index (χ3n) is 2.87. The zero-order valence-electron chi connectivity index (χ0n) is 12.2. The average Bonchev–Trinajstić information content (AvgIpc) is 2.37. The standard InChI is InChI=1S/C13H19ClN2O3S2/c1-9(2)16(7-13(15)20)21(17,18)8-10-11(14)5-4-6-12(10)19-3/h4-6,9H,7-8H2,1-3H3,(H2,15,20). The van der Waals surface area contributed by atoms with Crippen LogP contribution in [0.3, 0.4) is 0 Å². The van der Waals surface area contributed by atoms with Crippen molar-refractivity contribution in [3.05, 3.63) is 28.8 Å². The summed E-state index contributed by atoms with van der Waals surface area (Å²) in [5, 5.41) is 0.344. The van der Waals surface area contributed by atoms with Gasteiger partial charge in [-0.15, -0.1) is 0 Å². The molecule has 0 saturated heterocycles. The number of nitrogens with zero attached hydrogens (tertiary/aromatic N) is 1. The van der Waals surface area contributed by atoms with E-state index >= 15 is 0 Å². The Morgan fingerprint density at radius 2 is 2.10 bits per heavy atom. The molecule has 0 atom stereocenters. The molecule has 0 aliphatic rings. The van der Waals surface area contributed by atoms with Gasteiger partial charge in [0.05, 0.1) is 24.4 Å². The first kappa shape index (κ1) is 18.2. The predicted molar refractivity (Wildman–Crippen MR) is 89.3 cm³/mol. The van der Waals surface area contributed by atoms with Crippen molar-refractivity contribution >= 4 is 38.8 Å². The first-order valence-electron chi connectivity index (χ1n) is 6.28. The molecule has 0 unspecified atom stereocenters. The monoisotopic (exact) mass is 350 g/mol. The molecule has 0 aliphatic carbocycles. The number of sulfonamides is 1. The van der Waals surface area contributed by atoms with E-state index in [0.29, 0.717) is 16.3 Å². The van der Waals surface area contributed by atoms with Crippen molar-refractivity contribution in [2.45, 2.75) is 25.6 Å². The molecule has 8 heteroatoms. The second-order valence-electron chi connectivity index (χ2n) is 4.78. The van der Waals surface area contributed by atoms with Gasteiger partial charge in [-0.05, 0) is 26.0 Å². The highest BCUT2D eigenvalue weighted by atomic mass is 35.5. The quantitative estimate of drug-likeness (QED) is 0.763. The van der Waals surface area contributed by atoms with Crippen LogP contribution in [0.5, 0.6) is 5.75 Å². The number of benzene rings is 1. The number of hydrogen-bond acceptors (Lipinski definition) is 4. The fourth-order valence-corrected chi connectivity index (χ4v) is 4.23. The van der Waals surface area contributed by atoms with Crippen molar-refractivity contribution in [1.82, 2.24) is 4.31 Å². The minimum atomic E-state index is -3.62. The van der Waals surface area contributed by atoms with Crippen molar-refractivity contribution in [2.75, 3.05) is 13.7 Å². The Morgan fingerprint density at radius 1 is 1.48 bits per heavy atom. The molecule has 0 heterocycles. The summed E-state index contributed by atoms with van der Waals surface area (Å²) in [6.45, 7) is 3.53. The fourth-order valence-electron chi connectivity index (χ4n) is 1.89. The van der Waals surface area contributed by atoms with Gasteiger partial charge in [0.1, 0.15) is 5.75 Å². The fraction of sp³-hybridized carbons (Fsp3) is 0.462. The summed E-state index contributed by atoms with van der Waals surface area (Å²) in [6, 6.07) is 4.74. The molecule has 0 amide bonds. The molecule has 118 valence electrons. The molecule has 0 aromatic heterocycles. The molecule has 1 aromatic rings. The zero-order valence-corrected chi connectivity index (χ0v) is 14.6. The largest absolute Gasteiger partial charge is 0.496 e. The third-order valence-corrected chi connectivity index (χ3v) is 5.27. The number of thiocarbonyl (C=S) groups is 1. The molecular weight excluding hydrogens is 332 g/mol. The van der Waals surface area contributed by atoms with Crippen LogP contribution in [0.2, 0.25) is 5.02 Å². The molecule has 2 N–H and O–H groups in total. The Morgan fingerprint density at radius 3 is 2.57 bits per heavy atom. The van der Waals surface area contributed by atoms with E-state index in [-0.39, 0.29) is 23.3 Å². The number of hydrogen-bond donors (Lipinski definition) is 1. The van der Waals surface area contributed by atoms with Crippen LogP contribution in [0.4, 0.5) is 0 Å². The van der Waals surface area contributed by atoms with E-state index in [1.54, 1.807) is 32.0 Å². The highest BCUT2D eigenvalue weighted by Gasteiger charge is 2.27. The number of nitrogens with two attached hydrogens (primary N) is 1. The van der Waals surface area contributed by atoms with E-state index in [0.717, 1.165) is 0 Å². The Kier molecular flexibility index (Phi) is 6.40. The normalized spacial score (nSPS) is 11.9. The topological polar surface area (TPSA) is 72.6 Å². The van der Waals surface area contributed by atoms with E-state index < -0.39 is 10.0 Å². The molecule has 0 bridgehead atoms. The van der Waals surface area contributed by atoms with Gasteiger partial charge in [-0.25, -0.2) is 8.42 Å². The van der Waals surface area contributed by atoms with Crippen LogP contribution in [-0.4, -0.2) is 37.4 Å². The zero-order chi connectivity index (χ0) is 16.2. The Balaban J connectivity index is 3.17. The average molecular weight is 351 g/mol. The lowest BCUT2D eigenvalue weighted by Crippen LogP contribution is -2.42. The molecule has 1 rings (SSSR count). The Bertz CT molecular complexity index is 618. The van der Waals surface area contributed by atoms with E-state index in [4.69, 9.17) is 34.3 Å². The maximum Gasteiger partial charge on any atom is 0.219 e. The molecule has 0 saturated carbocycles. The minimum absolute atomic E-state index is 0.00208. The number of halogens is 1.